The summed E-state index contributed by atoms with van der Waals surface area (Å²) in [5.74, 6) is 1.40. The van der Waals surface area contributed by atoms with E-state index in [0.717, 1.165) is 5.78 Å². The highest BCUT2D eigenvalue weighted by atomic mass is 16.1. The van der Waals surface area contributed by atoms with Crippen LogP contribution in [-0.4, -0.2) is 5.78 Å². The quantitative estimate of drug-likeness (QED) is 0.0556. The summed E-state index contributed by atoms with van der Waals surface area (Å²) < 4.78 is 0. The molecule has 1 heteroatoms. The minimum Gasteiger partial charge on any atom is -0.299 e. The van der Waals surface area contributed by atoms with Gasteiger partial charge in [-0.3, -0.25) is 4.79 Å². The molecule has 0 aromatic carbocycles. The Balaban J connectivity index is 4.95. The third kappa shape index (κ3) is 51.5. The molecule has 396 valence electrons. The van der Waals surface area contributed by atoms with Crippen LogP contribution in [0.15, 0.2) is 0 Å². The summed E-state index contributed by atoms with van der Waals surface area (Å²) in [7, 11) is 0. The third-order valence-corrected chi connectivity index (χ3v) is 15.9. The van der Waals surface area contributed by atoms with Crippen molar-refractivity contribution in [2.45, 2.75) is 400 Å². The number of carbonyl (C=O) groups is 1. The summed E-state index contributed by atoms with van der Waals surface area (Å²) in [5, 5.41) is 0. The molecule has 0 N–H and O–H groups in total. The van der Waals surface area contributed by atoms with Crippen LogP contribution in [0, 0.1) is 11.8 Å². The smallest absolute Gasteiger partial charge is 0.139 e. The Kier molecular flexibility index (Phi) is 58.7. The molecule has 2 unspecified atom stereocenters. The summed E-state index contributed by atoms with van der Waals surface area (Å²) in [4.78, 5) is 14.7. The van der Waals surface area contributed by atoms with Crippen LogP contribution < -0.4 is 0 Å². The van der Waals surface area contributed by atoms with Crippen LogP contribution in [0.1, 0.15) is 400 Å². The van der Waals surface area contributed by atoms with E-state index in [4.69, 9.17) is 0 Å². The van der Waals surface area contributed by atoms with Crippen LogP contribution in [0.5, 0.6) is 0 Å². The number of carbonyl (C=O) groups excluding carboxylic acids is 1. The molecule has 0 amide bonds. The fraction of sp³-hybridized carbons (Fsp3) is 0.985. The summed E-state index contributed by atoms with van der Waals surface area (Å²) in [5.41, 5.74) is 0. The Morgan fingerprint density at radius 3 is 0.409 bits per heavy atom. The number of unbranched alkanes of at least 4 members (excludes halogenated alkanes) is 50. The van der Waals surface area contributed by atoms with Crippen molar-refractivity contribution < 1.29 is 4.79 Å². The van der Waals surface area contributed by atoms with Gasteiger partial charge < -0.3 is 0 Å². The molecule has 0 saturated heterocycles. The first kappa shape index (κ1) is 65.7. The molecule has 0 aliphatic carbocycles. The van der Waals surface area contributed by atoms with E-state index in [-0.39, 0.29) is 0 Å². The molecule has 1 nitrogen and oxygen atoms in total. The molecule has 0 aliphatic rings. The fourth-order valence-corrected chi connectivity index (χ4v) is 11.2. The minimum absolute atomic E-state index is 0.341. The number of hydrogen-bond acceptors (Lipinski definition) is 1. The number of ketones is 1. The normalized spacial score (nSPS) is 12.7. The van der Waals surface area contributed by atoms with Crippen molar-refractivity contribution in [3.05, 3.63) is 0 Å². The maximum Gasteiger partial charge on any atom is 0.139 e. The van der Waals surface area contributed by atoms with Crippen LogP contribution in [0.25, 0.3) is 0 Å². The zero-order valence-electron chi connectivity index (χ0n) is 47.1. The molecule has 0 aliphatic heterocycles. The van der Waals surface area contributed by atoms with Crippen LogP contribution in [0.3, 0.4) is 0 Å². The zero-order chi connectivity index (χ0) is 47.7. The van der Waals surface area contributed by atoms with E-state index in [1.807, 2.05) is 0 Å². The van der Waals surface area contributed by atoms with Gasteiger partial charge in [0.25, 0.3) is 0 Å². The summed E-state index contributed by atoms with van der Waals surface area (Å²) in [6, 6.07) is 0. The van der Waals surface area contributed by atoms with Gasteiger partial charge in [0.1, 0.15) is 5.78 Å². The molecule has 0 fully saturated rings. The molecule has 0 radical (unpaired) electrons. The molecule has 0 heterocycles. The molecule has 0 aromatic rings. The summed E-state index contributed by atoms with van der Waals surface area (Å²) in [6.07, 6.45) is 81.0. The van der Waals surface area contributed by atoms with Gasteiger partial charge >= 0.3 is 0 Å². The second-order valence-corrected chi connectivity index (χ2v) is 22.6. The third-order valence-electron chi connectivity index (χ3n) is 15.9. The van der Waals surface area contributed by atoms with E-state index < -0.39 is 0 Å². The van der Waals surface area contributed by atoms with Crippen molar-refractivity contribution in [2.24, 2.45) is 11.8 Å². The first-order valence-corrected chi connectivity index (χ1v) is 32.2. The van der Waals surface area contributed by atoms with Crippen molar-refractivity contribution in [2.75, 3.05) is 0 Å². The fourth-order valence-electron chi connectivity index (χ4n) is 11.2. The Bertz CT molecular complexity index is 794. The highest BCUT2D eigenvalue weighted by Crippen LogP contribution is 2.29. The molecule has 2 atom stereocenters. The highest BCUT2D eigenvalue weighted by molar-refractivity contribution is 5.83. The van der Waals surface area contributed by atoms with Crippen LogP contribution in [-0.2, 0) is 4.79 Å². The maximum atomic E-state index is 14.7. The van der Waals surface area contributed by atoms with Crippen molar-refractivity contribution in [1.82, 2.24) is 0 Å². The van der Waals surface area contributed by atoms with Crippen molar-refractivity contribution in [1.29, 1.82) is 0 Å². The Hall–Kier alpha value is -0.330. The van der Waals surface area contributed by atoms with Crippen LogP contribution in [0.4, 0.5) is 0 Å². The molecule has 0 saturated carbocycles. The lowest BCUT2D eigenvalue weighted by molar-refractivity contribution is -0.128. The monoisotopic (exact) mass is 927 g/mol. The van der Waals surface area contributed by atoms with E-state index in [0.29, 0.717) is 11.8 Å². The molecule has 0 bridgehead atoms. The van der Waals surface area contributed by atoms with Crippen LogP contribution in [0.2, 0.25) is 0 Å². The van der Waals surface area contributed by atoms with E-state index >= 15 is 0 Å². The van der Waals surface area contributed by atoms with Gasteiger partial charge in [0.2, 0.25) is 0 Å². The Morgan fingerprint density at radius 2 is 0.288 bits per heavy atom. The number of rotatable bonds is 60. The van der Waals surface area contributed by atoms with Gasteiger partial charge in [0.05, 0.1) is 0 Å². The van der Waals surface area contributed by atoms with Gasteiger partial charge in [-0.05, 0) is 25.7 Å². The summed E-state index contributed by atoms with van der Waals surface area (Å²) in [6.45, 7) is 9.27. The largest absolute Gasteiger partial charge is 0.299 e. The maximum absolute atomic E-state index is 14.7. The second kappa shape index (κ2) is 59.0. The molecular weight excluding hydrogens is 797 g/mol. The van der Waals surface area contributed by atoms with Gasteiger partial charge in [0.15, 0.2) is 0 Å². The SMILES string of the molecule is CCCCCCCCCCCCCCCCCC(CCCCCCCCCCCCCC)C(=O)C(CCCCCCCCCCCCCC)CCCCCCCCCCCCCCCCC. The summed E-state index contributed by atoms with van der Waals surface area (Å²) >= 11 is 0. The van der Waals surface area contributed by atoms with Gasteiger partial charge in [-0.15, -0.1) is 0 Å². The van der Waals surface area contributed by atoms with E-state index in [2.05, 4.69) is 27.7 Å². The second-order valence-electron chi connectivity index (χ2n) is 22.6. The van der Waals surface area contributed by atoms with Crippen LogP contribution >= 0.6 is 0 Å². The topological polar surface area (TPSA) is 17.1 Å². The van der Waals surface area contributed by atoms with Gasteiger partial charge in [0, 0.05) is 11.8 Å². The number of Topliss-reactive ketones (excluding diaryl/α,β-unsaturated/α-hetero) is 1. The standard InChI is InChI=1S/C65H130O/c1-5-9-13-17-21-25-29-33-35-37-41-45-49-53-57-61-63(59-55-51-47-43-39-31-27-23-19-15-11-7-3)65(66)64(60-56-52-48-44-40-32-28-24-20-16-12-8-4)62-58-54-50-46-42-38-36-34-30-26-22-18-14-10-6-2/h63-64H,5-62H2,1-4H3. The predicted octanol–water partition coefficient (Wildman–Crippen LogP) is 24.5. The zero-order valence-corrected chi connectivity index (χ0v) is 47.1. The predicted molar refractivity (Wildman–Crippen MR) is 302 cm³/mol. The average Bonchev–Trinajstić information content (AvgIpc) is 3.33. The molecule has 0 spiro atoms. The lowest BCUT2D eigenvalue weighted by atomic mass is 9.80. The average molecular weight is 928 g/mol. The lowest BCUT2D eigenvalue weighted by Gasteiger charge is -2.23. The Labute approximate surface area is 420 Å². The van der Waals surface area contributed by atoms with Gasteiger partial charge in [-0.1, -0.05) is 374 Å². The van der Waals surface area contributed by atoms with Gasteiger partial charge in [-0.25, -0.2) is 0 Å². The van der Waals surface area contributed by atoms with Crippen molar-refractivity contribution >= 4 is 5.78 Å². The highest BCUT2D eigenvalue weighted by Gasteiger charge is 2.26. The molecule has 66 heavy (non-hydrogen) atoms. The van der Waals surface area contributed by atoms with Crippen molar-refractivity contribution in [3.8, 4) is 0 Å². The van der Waals surface area contributed by atoms with E-state index in [9.17, 15) is 4.79 Å². The number of hydrogen-bond donors (Lipinski definition) is 0. The lowest BCUT2D eigenvalue weighted by Crippen LogP contribution is -2.24. The Morgan fingerprint density at radius 1 is 0.182 bits per heavy atom. The van der Waals surface area contributed by atoms with E-state index in [1.165, 1.54) is 372 Å². The molecular formula is C65H130O. The first-order valence-electron chi connectivity index (χ1n) is 32.2. The molecule has 0 aromatic heterocycles. The minimum atomic E-state index is 0.341. The first-order chi connectivity index (χ1) is 32.7. The molecule has 0 rings (SSSR count). The van der Waals surface area contributed by atoms with E-state index in [1.54, 1.807) is 0 Å². The van der Waals surface area contributed by atoms with Crippen molar-refractivity contribution in [3.63, 3.8) is 0 Å². The van der Waals surface area contributed by atoms with Gasteiger partial charge in [-0.2, -0.15) is 0 Å².